The van der Waals surface area contributed by atoms with Crippen molar-refractivity contribution in [1.29, 1.82) is 0 Å². The molecule has 0 aliphatic rings. The number of hydrogen-bond donors (Lipinski definition) is 0. The lowest BCUT2D eigenvalue weighted by molar-refractivity contribution is -0.129. The van der Waals surface area contributed by atoms with Gasteiger partial charge >= 0.3 is 5.97 Å². The first kappa shape index (κ1) is 20.4. The van der Waals surface area contributed by atoms with Gasteiger partial charge in [0.25, 0.3) is 0 Å². The maximum absolute atomic E-state index is 14.5. The Morgan fingerprint density at radius 2 is 1.92 bits per heavy atom. The Morgan fingerprint density at radius 1 is 1.12 bits per heavy atom. The molecule has 0 aliphatic carbocycles. The Bertz CT molecular complexity index is 733. The third-order valence-electron chi connectivity index (χ3n) is 4.09. The number of unbranched alkanes of at least 4 members (excludes halogenated alkanes) is 4. The van der Waals surface area contributed by atoms with E-state index in [2.05, 4.69) is 19.9 Å². The molecule has 26 heavy (non-hydrogen) atoms. The molecule has 1 aromatic carbocycles. The van der Waals surface area contributed by atoms with Crippen molar-refractivity contribution in [2.75, 3.05) is 0 Å². The maximum atomic E-state index is 14.5. The van der Waals surface area contributed by atoms with E-state index in [1.54, 1.807) is 29.5 Å². The van der Waals surface area contributed by atoms with E-state index in [0.29, 0.717) is 5.56 Å². The van der Waals surface area contributed by atoms with Gasteiger partial charge in [-0.3, -0.25) is 0 Å². The number of aryl methyl sites for hydroxylation is 1. The molecular formula is C22H27FO2S. The second kappa shape index (κ2) is 10.9. The molecule has 140 valence electrons. The third-order valence-corrected chi connectivity index (χ3v) is 5.27. The van der Waals surface area contributed by atoms with Crippen LogP contribution in [-0.2, 0) is 11.2 Å². The first-order valence-electron chi connectivity index (χ1n) is 9.41. The molecule has 0 fully saturated rings. The summed E-state index contributed by atoms with van der Waals surface area (Å²) in [6.07, 6.45) is 10.8. The summed E-state index contributed by atoms with van der Waals surface area (Å²) in [5.74, 6) is -0.606. The molecule has 0 bridgehead atoms. The first-order valence-corrected chi connectivity index (χ1v) is 10.2. The molecule has 0 aliphatic heterocycles. The van der Waals surface area contributed by atoms with Crippen molar-refractivity contribution in [1.82, 2.24) is 0 Å². The average Bonchev–Trinajstić information content (AvgIpc) is 3.08. The Hall–Kier alpha value is -1.94. The highest BCUT2D eigenvalue weighted by Crippen LogP contribution is 2.32. The summed E-state index contributed by atoms with van der Waals surface area (Å²) >= 11 is 1.63. The molecule has 0 amide bonds. The fraction of sp³-hybridized carbons (Fsp3) is 0.409. The molecule has 2 nitrogen and oxygen atoms in total. The van der Waals surface area contributed by atoms with Gasteiger partial charge in [0.15, 0.2) is 0 Å². The molecule has 0 N–H and O–H groups in total. The van der Waals surface area contributed by atoms with Crippen LogP contribution >= 0.6 is 11.3 Å². The van der Waals surface area contributed by atoms with E-state index < -0.39 is 5.97 Å². The number of halogens is 1. The van der Waals surface area contributed by atoms with Crippen molar-refractivity contribution in [3.8, 4) is 16.2 Å². The van der Waals surface area contributed by atoms with Crippen molar-refractivity contribution in [2.45, 2.75) is 58.8 Å². The summed E-state index contributed by atoms with van der Waals surface area (Å²) in [6.45, 7) is 4.28. The number of esters is 1. The van der Waals surface area contributed by atoms with Gasteiger partial charge in [0.1, 0.15) is 11.6 Å². The average molecular weight is 375 g/mol. The van der Waals surface area contributed by atoms with E-state index in [-0.39, 0.29) is 11.6 Å². The van der Waals surface area contributed by atoms with Crippen molar-refractivity contribution in [3.05, 3.63) is 53.2 Å². The van der Waals surface area contributed by atoms with Crippen molar-refractivity contribution >= 4 is 17.3 Å². The van der Waals surface area contributed by atoms with Crippen LogP contribution in [0.3, 0.4) is 0 Å². The van der Waals surface area contributed by atoms with Gasteiger partial charge in [0.05, 0.1) is 0 Å². The zero-order valence-electron chi connectivity index (χ0n) is 15.6. The smallest absolute Gasteiger partial charge is 0.335 e. The minimum atomic E-state index is -0.470. The van der Waals surface area contributed by atoms with Crippen molar-refractivity contribution in [2.24, 2.45) is 0 Å². The minimum Gasteiger partial charge on any atom is -0.423 e. The quantitative estimate of drug-likeness (QED) is 0.195. The number of thiophene rings is 1. The molecular weight excluding hydrogens is 347 g/mol. The molecule has 1 heterocycles. The number of carbonyl (C=O) groups excluding carboxylic acids is 1. The van der Waals surface area contributed by atoms with E-state index in [4.69, 9.17) is 4.74 Å². The molecule has 0 radical (unpaired) electrons. The van der Waals surface area contributed by atoms with Gasteiger partial charge in [-0.1, -0.05) is 45.6 Å². The van der Waals surface area contributed by atoms with E-state index in [1.165, 1.54) is 36.3 Å². The van der Waals surface area contributed by atoms with Crippen LogP contribution in [0.2, 0.25) is 0 Å². The van der Waals surface area contributed by atoms with Crippen molar-refractivity contribution in [3.63, 3.8) is 0 Å². The van der Waals surface area contributed by atoms with Crippen LogP contribution in [0.5, 0.6) is 5.75 Å². The fourth-order valence-corrected chi connectivity index (χ4v) is 3.69. The molecule has 2 aromatic rings. The predicted molar refractivity (Wildman–Crippen MR) is 107 cm³/mol. The number of ether oxygens (including phenoxy) is 1. The second-order valence-corrected chi connectivity index (χ2v) is 7.50. The summed E-state index contributed by atoms with van der Waals surface area (Å²) in [6, 6.07) is 8.65. The Labute approximate surface area is 159 Å². The fourth-order valence-electron chi connectivity index (χ4n) is 2.62. The summed E-state index contributed by atoms with van der Waals surface area (Å²) < 4.78 is 19.6. The van der Waals surface area contributed by atoms with Crippen LogP contribution in [0.15, 0.2) is 42.5 Å². The van der Waals surface area contributed by atoms with Gasteiger partial charge in [-0.15, -0.1) is 11.3 Å². The van der Waals surface area contributed by atoms with E-state index in [9.17, 15) is 9.18 Å². The summed E-state index contributed by atoms with van der Waals surface area (Å²) in [4.78, 5) is 13.9. The molecule has 1 aromatic heterocycles. The van der Waals surface area contributed by atoms with E-state index in [1.807, 2.05) is 6.07 Å². The van der Waals surface area contributed by atoms with Crippen molar-refractivity contribution < 1.29 is 13.9 Å². The van der Waals surface area contributed by atoms with E-state index in [0.717, 1.165) is 30.6 Å². The van der Waals surface area contributed by atoms with Crippen LogP contribution in [0.4, 0.5) is 4.39 Å². The van der Waals surface area contributed by atoms with Crippen LogP contribution in [0.1, 0.15) is 57.2 Å². The number of allylic oxidation sites excluding steroid dienone is 1. The standard InChI is InChI=1S/C22H27FO2S/c1-3-5-7-9-11-22(24)25-17-12-14-19(20(23)16-17)21-15-13-18(26-21)10-8-6-4-2/h9,11-16H,3-8,10H2,1-2H3. The lowest BCUT2D eigenvalue weighted by atomic mass is 10.1. The molecule has 0 atom stereocenters. The summed E-state index contributed by atoms with van der Waals surface area (Å²) in [5.41, 5.74) is 0.551. The number of rotatable bonds is 10. The van der Waals surface area contributed by atoms with Crippen LogP contribution in [0, 0.1) is 5.82 Å². The normalized spacial score (nSPS) is 11.2. The highest BCUT2D eigenvalue weighted by molar-refractivity contribution is 7.15. The van der Waals surface area contributed by atoms with Gasteiger partial charge in [-0.2, -0.15) is 0 Å². The lowest BCUT2D eigenvalue weighted by Gasteiger charge is -2.05. The minimum absolute atomic E-state index is 0.233. The summed E-state index contributed by atoms with van der Waals surface area (Å²) in [7, 11) is 0. The number of hydrogen-bond acceptors (Lipinski definition) is 3. The van der Waals surface area contributed by atoms with Gasteiger partial charge in [-0.05, 0) is 43.5 Å². The monoisotopic (exact) mass is 374 g/mol. The summed E-state index contributed by atoms with van der Waals surface area (Å²) in [5, 5.41) is 0. The Kier molecular flexibility index (Phi) is 8.56. The zero-order valence-corrected chi connectivity index (χ0v) is 16.4. The highest BCUT2D eigenvalue weighted by Gasteiger charge is 2.11. The molecule has 4 heteroatoms. The zero-order chi connectivity index (χ0) is 18.8. The van der Waals surface area contributed by atoms with Gasteiger partial charge < -0.3 is 4.74 Å². The third kappa shape index (κ3) is 6.41. The first-order chi connectivity index (χ1) is 12.6. The molecule has 0 saturated heterocycles. The molecule has 0 unspecified atom stereocenters. The Balaban J connectivity index is 1.98. The van der Waals surface area contributed by atoms with Gasteiger partial charge in [0.2, 0.25) is 0 Å². The second-order valence-electron chi connectivity index (χ2n) is 6.33. The predicted octanol–water partition coefficient (Wildman–Crippen LogP) is 6.94. The molecule has 0 saturated carbocycles. The number of benzene rings is 1. The van der Waals surface area contributed by atoms with Crippen LogP contribution in [0.25, 0.3) is 10.4 Å². The van der Waals surface area contributed by atoms with Gasteiger partial charge in [0, 0.05) is 27.5 Å². The Morgan fingerprint density at radius 3 is 2.65 bits per heavy atom. The molecule has 2 rings (SSSR count). The van der Waals surface area contributed by atoms with Gasteiger partial charge in [-0.25, -0.2) is 9.18 Å². The topological polar surface area (TPSA) is 26.3 Å². The van der Waals surface area contributed by atoms with E-state index >= 15 is 0 Å². The maximum Gasteiger partial charge on any atom is 0.335 e. The largest absolute Gasteiger partial charge is 0.423 e. The number of carbonyl (C=O) groups is 1. The highest BCUT2D eigenvalue weighted by atomic mass is 32.1. The van der Waals surface area contributed by atoms with Crippen LogP contribution in [-0.4, -0.2) is 5.97 Å². The lowest BCUT2D eigenvalue weighted by Crippen LogP contribution is -2.04. The SMILES string of the molecule is CCCCC=CC(=O)Oc1ccc(-c2ccc(CCCCC)s2)c(F)c1. The van der Waals surface area contributed by atoms with Crippen LogP contribution < -0.4 is 4.74 Å². The molecule has 0 spiro atoms.